The van der Waals surface area contributed by atoms with Gasteiger partial charge in [0.15, 0.2) is 0 Å². The number of ether oxygens (including phenoxy) is 1. The number of rotatable bonds is 7. The molecule has 0 fully saturated rings. The van der Waals surface area contributed by atoms with Crippen molar-refractivity contribution in [3.8, 4) is 0 Å². The molecule has 0 unspecified atom stereocenters. The molecule has 0 saturated heterocycles. The van der Waals surface area contributed by atoms with Crippen LogP contribution in [0.4, 0.5) is 5.95 Å². The van der Waals surface area contributed by atoms with Crippen molar-refractivity contribution in [1.82, 2.24) is 9.55 Å². The molecule has 4 heteroatoms. The van der Waals surface area contributed by atoms with Crippen LogP contribution < -0.4 is 5.32 Å². The van der Waals surface area contributed by atoms with Crippen molar-refractivity contribution in [2.24, 2.45) is 0 Å². The second kappa shape index (κ2) is 6.53. The SMILES string of the molecule is CCC(CC)n1cc(C)nc1NCCOC. The summed E-state index contributed by atoms with van der Waals surface area (Å²) in [7, 11) is 1.71. The zero-order valence-electron chi connectivity index (χ0n) is 10.8. The van der Waals surface area contributed by atoms with Crippen molar-refractivity contribution >= 4 is 5.95 Å². The van der Waals surface area contributed by atoms with Crippen LogP contribution in [0.15, 0.2) is 6.20 Å². The first-order valence-corrected chi connectivity index (χ1v) is 6.01. The van der Waals surface area contributed by atoms with E-state index in [0.717, 1.165) is 31.0 Å². The van der Waals surface area contributed by atoms with E-state index in [4.69, 9.17) is 4.74 Å². The van der Waals surface area contributed by atoms with Gasteiger partial charge in [-0.15, -0.1) is 0 Å². The Balaban J connectivity index is 2.74. The van der Waals surface area contributed by atoms with Crippen LogP contribution in [-0.2, 0) is 4.74 Å². The fourth-order valence-corrected chi connectivity index (χ4v) is 1.87. The third kappa shape index (κ3) is 3.23. The number of methoxy groups -OCH3 is 1. The Kier molecular flexibility index (Phi) is 5.32. The van der Waals surface area contributed by atoms with Gasteiger partial charge in [0.25, 0.3) is 0 Å². The molecule has 0 amide bonds. The standard InChI is InChI=1S/C12H23N3O/c1-5-11(6-2)15-9-10(3)14-12(15)13-7-8-16-4/h9,11H,5-8H2,1-4H3,(H,13,14). The van der Waals surface area contributed by atoms with E-state index in [1.165, 1.54) is 0 Å². The molecule has 16 heavy (non-hydrogen) atoms. The molecule has 0 bridgehead atoms. The average molecular weight is 225 g/mol. The number of aromatic nitrogens is 2. The highest BCUT2D eigenvalue weighted by Gasteiger charge is 2.12. The van der Waals surface area contributed by atoms with Gasteiger partial charge in [-0.1, -0.05) is 13.8 Å². The lowest BCUT2D eigenvalue weighted by Crippen LogP contribution is -2.15. The van der Waals surface area contributed by atoms with E-state index in [0.29, 0.717) is 12.6 Å². The molecule has 0 aliphatic heterocycles. The van der Waals surface area contributed by atoms with Crippen LogP contribution in [0, 0.1) is 6.92 Å². The monoisotopic (exact) mass is 225 g/mol. The molecular formula is C12H23N3O. The van der Waals surface area contributed by atoms with Gasteiger partial charge in [0.2, 0.25) is 5.95 Å². The molecule has 1 rings (SSSR count). The predicted molar refractivity (Wildman–Crippen MR) is 66.9 cm³/mol. The van der Waals surface area contributed by atoms with Gasteiger partial charge in [-0.25, -0.2) is 4.98 Å². The molecule has 0 saturated carbocycles. The van der Waals surface area contributed by atoms with Gasteiger partial charge in [-0.3, -0.25) is 0 Å². The first-order chi connectivity index (χ1) is 7.72. The van der Waals surface area contributed by atoms with Gasteiger partial charge in [0.1, 0.15) is 0 Å². The van der Waals surface area contributed by atoms with Gasteiger partial charge in [0.05, 0.1) is 12.3 Å². The summed E-state index contributed by atoms with van der Waals surface area (Å²) in [4.78, 5) is 4.50. The topological polar surface area (TPSA) is 39.1 Å². The van der Waals surface area contributed by atoms with Crippen LogP contribution in [0.5, 0.6) is 0 Å². The number of nitrogens with one attached hydrogen (secondary N) is 1. The van der Waals surface area contributed by atoms with Crippen molar-refractivity contribution in [3.63, 3.8) is 0 Å². The zero-order valence-corrected chi connectivity index (χ0v) is 10.8. The Hall–Kier alpha value is -1.03. The number of aryl methyl sites for hydroxylation is 1. The summed E-state index contributed by atoms with van der Waals surface area (Å²) in [6, 6.07) is 0.534. The number of hydrogen-bond donors (Lipinski definition) is 1. The third-order valence-corrected chi connectivity index (χ3v) is 2.78. The Bertz CT molecular complexity index is 305. The Morgan fingerprint density at radius 2 is 2.12 bits per heavy atom. The smallest absolute Gasteiger partial charge is 0.203 e. The fraction of sp³-hybridized carbons (Fsp3) is 0.750. The van der Waals surface area contributed by atoms with Crippen molar-refractivity contribution in [2.75, 3.05) is 25.6 Å². The summed E-state index contributed by atoms with van der Waals surface area (Å²) < 4.78 is 7.26. The number of nitrogens with zero attached hydrogens (tertiary/aromatic N) is 2. The van der Waals surface area contributed by atoms with Gasteiger partial charge >= 0.3 is 0 Å². The van der Waals surface area contributed by atoms with Gasteiger partial charge in [-0.2, -0.15) is 0 Å². The lowest BCUT2D eigenvalue weighted by molar-refractivity contribution is 0.210. The van der Waals surface area contributed by atoms with Crippen LogP contribution in [0.1, 0.15) is 38.4 Å². The highest BCUT2D eigenvalue weighted by Crippen LogP contribution is 2.21. The van der Waals surface area contributed by atoms with Crippen molar-refractivity contribution in [2.45, 2.75) is 39.7 Å². The minimum atomic E-state index is 0.534. The largest absolute Gasteiger partial charge is 0.383 e. The third-order valence-electron chi connectivity index (χ3n) is 2.78. The molecule has 1 heterocycles. The summed E-state index contributed by atoms with van der Waals surface area (Å²) in [6.07, 6.45) is 4.38. The molecule has 1 N–H and O–H groups in total. The molecule has 0 spiro atoms. The van der Waals surface area contributed by atoms with Crippen LogP contribution in [0.3, 0.4) is 0 Å². The minimum Gasteiger partial charge on any atom is -0.383 e. The van der Waals surface area contributed by atoms with Crippen molar-refractivity contribution in [3.05, 3.63) is 11.9 Å². The maximum absolute atomic E-state index is 5.02. The van der Waals surface area contributed by atoms with E-state index in [1.54, 1.807) is 7.11 Å². The summed E-state index contributed by atoms with van der Waals surface area (Å²) >= 11 is 0. The van der Waals surface area contributed by atoms with Crippen molar-refractivity contribution in [1.29, 1.82) is 0 Å². The molecule has 0 aliphatic carbocycles. The number of imidazole rings is 1. The summed E-state index contributed by atoms with van der Waals surface area (Å²) in [5.41, 5.74) is 1.06. The zero-order chi connectivity index (χ0) is 12.0. The van der Waals surface area contributed by atoms with Gasteiger partial charge in [-0.05, 0) is 19.8 Å². The van der Waals surface area contributed by atoms with Gasteiger partial charge < -0.3 is 14.6 Å². The van der Waals surface area contributed by atoms with Crippen LogP contribution in [0.2, 0.25) is 0 Å². The summed E-state index contributed by atoms with van der Waals surface area (Å²) in [5, 5.41) is 3.31. The molecule has 4 nitrogen and oxygen atoms in total. The van der Waals surface area contributed by atoms with E-state index in [1.807, 2.05) is 6.92 Å². The number of anilines is 1. The quantitative estimate of drug-likeness (QED) is 0.725. The van der Waals surface area contributed by atoms with E-state index in [2.05, 4.69) is 34.9 Å². The second-order valence-corrected chi connectivity index (χ2v) is 4.00. The van der Waals surface area contributed by atoms with Crippen LogP contribution >= 0.6 is 0 Å². The maximum atomic E-state index is 5.02. The second-order valence-electron chi connectivity index (χ2n) is 4.00. The molecule has 0 radical (unpaired) electrons. The van der Waals surface area contributed by atoms with Gasteiger partial charge in [0, 0.05) is 25.9 Å². The van der Waals surface area contributed by atoms with Crippen molar-refractivity contribution < 1.29 is 4.74 Å². The molecule has 0 aromatic carbocycles. The lowest BCUT2D eigenvalue weighted by atomic mass is 10.2. The first-order valence-electron chi connectivity index (χ1n) is 6.01. The van der Waals surface area contributed by atoms with E-state index in [9.17, 15) is 0 Å². The Morgan fingerprint density at radius 1 is 1.44 bits per heavy atom. The number of hydrogen-bond acceptors (Lipinski definition) is 3. The molecular weight excluding hydrogens is 202 g/mol. The van der Waals surface area contributed by atoms with E-state index < -0.39 is 0 Å². The molecule has 92 valence electrons. The highest BCUT2D eigenvalue weighted by atomic mass is 16.5. The Morgan fingerprint density at radius 3 is 2.69 bits per heavy atom. The van der Waals surface area contributed by atoms with E-state index >= 15 is 0 Å². The Labute approximate surface area is 98.0 Å². The summed E-state index contributed by atoms with van der Waals surface area (Å²) in [6.45, 7) is 7.95. The lowest BCUT2D eigenvalue weighted by Gasteiger charge is -2.17. The first kappa shape index (κ1) is 13.0. The minimum absolute atomic E-state index is 0.534. The highest BCUT2D eigenvalue weighted by molar-refractivity contribution is 5.29. The van der Waals surface area contributed by atoms with Crippen LogP contribution in [-0.4, -0.2) is 29.8 Å². The average Bonchev–Trinajstić information content (AvgIpc) is 2.62. The predicted octanol–water partition coefficient (Wildman–Crippen LogP) is 2.61. The molecule has 0 aliphatic rings. The summed E-state index contributed by atoms with van der Waals surface area (Å²) in [5.74, 6) is 0.961. The molecule has 0 atom stereocenters. The molecule has 1 aromatic rings. The maximum Gasteiger partial charge on any atom is 0.203 e. The molecule has 1 aromatic heterocycles. The van der Waals surface area contributed by atoms with Crippen LogP contribution in [0.25, 0.3) is 0 Å². The van der Waals surface area contributed by atoms with E-state index in [-0.39, 0.29) is 0 Å². The normalized spacial score (nSPS) is 11.1. The fourth-order valence-electron chi connectivity index (χ4n) is 1.87.